The molecule has 128 valence electrons. The highest BCUT2D eigenvalue weighted by atomic mass is 35.5. The summed E-state index contributed by atoms with van der Waals surface area (Å²) in [6.45, 7) is 9.91. The zero-order chi connectivity index (χ0) is 17.9. The molecule has 0 aromatic heterocycles. The lowest BCUT2D eigenvalue weighted by molar-refractivity contribution is -0.122. The van der Waals surface area contributed by atoms with Crippen LogP contribution in [0.3, 0.4) is 0 Å². The van der Waals surface area contributed by atoms with Gasteiger partial charge in [0, 0.05) is 10.7 Å². The lowest BCUT2D eigenvalue weighted by atomic mass is 10.0. The fourth-order valence-electron chi connectivity index (χ4n) is 2.43. The van der Waals surface area contributed by atoms with Crippen LogP contribution in [0.25, 0.3) is 0 Å². The van der Waals surface area contributed by atoms with E-state index in [9.17, 15) is 4.79 Å². The molecule has 0 saturated carbocycles. The van der Waals surface area contributed by atoms with Crippen LogP contribution >= 0.6 is 11.6 Å². The Bertz CT molecular complexity index is 740. The quantitative estimate of drug-likeness (QED) is 0.778. The van der Waals surface area contributed by atoms with Crippen LogP contribution in [0, 0.1) is 13.8 Å². The Morgan fingerprint density at radius 2 is 1.79 bits per heavy atom. The Morgan fingerprint density at radius 1 is 1.08 bits per heavy atom. The van der Waals surface area contributed by atoms with Gasteiger partial charge in [0.15, 0.2) is 6.10 Å². The highest BCUT2D eigenvalue weighted by Gasteiger charge is 2.18. The van der Waals surface area contributed by atoms with Gasteiger partial charge < -0.3 is 10.1 Å². The molecule has 1 unspecified atom stereocenters. The van der Waals surface area contributed by atoms with Crippen molar-refractivity contribution in [3.8, 4) is 5.75 Å². The van der Waals surface area contributed by atoms with Gasteiger partial charge >= 0.3 is 0 Å². The van der Waals surface area contributed by atoms with Gasteiger partial charge in [-0.2, -0.15) is 0 Å². The number of amides is 1. The summed E-state index contributed by atoms with van der Waals surface area (Å²) < 4.78 is 5.95. The van der Waals surface area contributed by atoms with E-state index in [-0.39, 0.29) is 5.91 Å². The lowest BCUT2D eigenvalue weighted by Crippen LogP contribution is -2.30. The topological polar surface area (TPSA) is 38.3 Å². The van der Waals surface area contributed by atoms with Gasteiger partial charge in [0.2, 0.25) is 0 Å². The molecule has 24 heavy (non-hydrogen) atoms. The molecule has 0 fully saturated rings. The maximum absolute atomic E-state index is 12.5. The standard InChI is InChI=1S/C20H24ClNO2/c1-12(2)17-9-6-13(3)10-19(17)24-15(5)20(23)22-18-11-16(21)8-7-14(18)4/h6-12,15H,1-5H3,(H,22,23). The zero-order valence-electron chi connectivity index (χ0n) is 14.8. The second kappa shape index (κ2) is 7.71. The average molecular weight is 346 g/mol. The minimum Gasteiger partial charge on any atom is -0.481 e. The summed E-state index contributed by atoms with van der Waals surface area (Å²) in [5, 5.41) is 3.47. The first-order valence-corrected chi connectivity index (χ1v) is 8.50. The van der Waals surface area contributed by atoms with E-state index in [2.05, 4.69) is 31.3 Å². The lowest BCUT2D eigenvalue weighted by Gasteiger charge is -2.20. The molecule has 2 aromatic rings. The van der Waals surface area contributed by atoms with Crippen molar-refractivity contribution in [3.63, 3.8) is 0 Å². The van der Waals surface area contributed by atoms with Crippen LogP contribution in [0.5, 0.6) is 5.75 Å². The second-order valence-corrected chi connectivity index (χ2v) is 6.84. The van der Waals surface area contributed by atoms with Crippen molar-refractivity contribution in [1.29, 1.82) is 0 Å². The number of hydrogen-bond acceptors (Lipinski definition) is 2. The van der Waals surface area contributed by atoms with Gasteiger partial charge in [0.25, 0.3) is 5.91 Å². The third kappa shape index (κ3) is 4.51. The number of benzene rings is 2. The molecule has 1 atom stereocenters. The second-order valence-electron chi connectivity index (χ2n) is 6.40. The summed E-state index contributed by atoms with van der Waals surface area (Å²) in [7, 11) is 0. The summed E-state index contributed by atoms with van der Waals surface area (Å²) in [6, 6.07) is 11.5. The van der Waals surface area contributed by atoms with Gasteiger partial charge in [-0.15, -0.1) is 0 Å². The predicted octanol–water partition coefficient (Wildman–Crippen LogP) is 5.49. The Morgan fingerprint density at radius 3 is 2.46 bits per heavy atom. The van der Waals surface area contributed by atoms with Crippen molar-refractivity contribution in [2.24, 2.45) is 0 Å². The molecule has 0 spiro atoms. The number of nitrogens with one attached hydrogen (secondary N) is 1. The summed E-state index contributed by atoms with van der Waals surface area (Å²) in [5.74, 6) is 0.887. The molecule has 2 rings (SSSR count). The van der Waals surface area contributed by atoms with E-state index in [1.54, 1.807) is 19.1 Å². The van der Waals surface area contributed by atoms with Crippen LogP contribution in [0.4, 0.5) is 5.69 Å². The molecular weight excluding hydrogens is 322 g/mol. The predicted molar refractivity (Wildman–Crippen MR) is 100 cm³/mol. The number of carbonyl (C=O) groups is 1. The highest BCUT2D eigenvalue weighted by Crippen LogP contribution is 2.28. The van der Waals surface area contributed by atoms with E-state index in [1.807, 2.05) is 26.0 Å². The van der Waals surface area contributed by atoms with Gasteiger partial charge in [0.1, 0.15) is 5.75 Å². The molecule has 0 saturated heterocycles. The molecule has 2 aromatic carbocycles. The first kappa shape index (κ1) is 18.3. The molecule has 1 amide bonds. The van der Waals surface area contributed by atoms with Crippen molar-refractivity contribution in [2.45, 2.75) is 46.6 Å². The number of ether oxygens (including phenoxy) is 1. The van der Waals surface area contributed by atoms with Crippen LogP contribution in [-0.2, 0) is 4.79 Å². The van der Waals surface area contributed by atoms with Crippen molar-refractivity contribution in [1.82, 2.24) is 0 Å². The van der Waals surface area contributed by atoms with E-state index in [0.29, 0.717) is 16.6 Å². The van der Waals surface area contributed by atoms with Gasteiger partial charge in [-0.05, 0) is 61.6 Å². The SMILES string of the molecule is Cc1ccc(C(C)C)c(OC(C)C(=O)Nc2cc(Cl)ccc2C)c1. The Labute approximate surface area is 149 Å². The normalized spacial score (nSPS) is 12.1. The smallest absolute Gasteiger partial charge is 0.265 e. The van der Waals surface area contributed by atoms with Gasteiger partial charge in [-0.1, -0.05) is 43.6 Å². The minimum atomic E-state index is -0.609. The number of rotatable bonds is 5. The molecule has 0 bridgehead atoms. The van der Waals surface area contributed by atoms with E-state index >= 15 is 0 Å². The van der Waals surface area contributed by atoms with E-state index in [4.69, 9.17) is 16.3 Å². The van der Waals surface area contributed by atoms with Crippen LogP contribution in [0.2, 0.25) is 5.02 Å². The highest BCUT2D eigenvalue weighted by molar-refractivity contribution is 6.31. The van der Waals surface area contributed by atoms with Crippen molar-refractivity contribution in [3.05, 3.63) is 58.1 Å². The van der Waals surface area contributed by atoms with Crippen molar-refractivity contribution in [2.75, 3.05) is 5.32 Å². The third-order valence-electron chi connectivity index (χ3n) is 3.92. The van der Waals surface area contributed by atoms with Gasteiger partial charge in [0.05, 0.1) is 0 Å². The van der Waals surface area contributed by atoms with Crippen molar-refractivity contribution >= 4 is 23.2 Å². The molecule has 1 N–H and O–H groups in total. The number of aryl methyl sites for hydroxylation is 2. The molecule has 0 heterocycles. The number of carbonyl (C=O) groups excluding carboxylic acids is 1. The average Bonchev–Trinajstić information content (AvgIpc) is 2.50. The van der Waals surface area contributed by atoms with Gasteiger partial charge in [-0.25, -0.2) is 0 Å². The molecular formula is C20H24ClNO2. The Balaban J connectivity index is 2.15. The van der Waals surface area contributed by atoms with Crippen LogP contribution in [-0.4, -0.2) is 12.0 Å². The Hall–Kier alpha value is -2.00. The Kier molecular flexibility index (Phi) is 5.89. The molecule has 4 heteroatoms. The first-order valence-electron chi connectivity index (χ1n) is 8.12. The van der Waals surface area contributed by atoms with Crippen LogP contribution in [0.15, 0.2) is 36.4 Å². The van der Waals surface area contributed by atoms with Crippen molar-refractivity contribution < 1.29 is 9.53 Å². The van der Waals surface area contributed by atoms with E-state index in [0.717, 1.165) is 22.4 Å². The zero-order valence-corrected chi connectivity index (χ0v) is 15.6. The number of anilines is 1. The largest absolute Gasteiger partial charge is 0.481 e. The summed E-state index contributed by atoms with van der Waals surface area (Å²) >= 11 is 6.00. The van der Waals surface area contributed by atoms with E-state index in [1.165, 1.54) is 0 Å². The number of hydrogen-bond donors (Lipinski definition) is 1. The molecule has 3 nitrogen and oxygen atoms in total. The molecule has 0 radical (unpaired) electrons. The number of halogens is 1. The summed E-state index contributed by atoms with van der Waals surface area (Å²) in [6.07, 6.45) is -0.609. The maximum atomic E-state index is 12.5. The summed E-state index contributed by atoms with van der Waals surface area (Å²) in [4.78, 5) is 12.5. The minimum absolute atomic E-state index is 0.198. The summed E-state index contributed by atoms with van der Waals surface area (Å²) in [5.41, 5.74) is 3.86. The maximum Gasteiger partial charge on any atom is 0.265 e. The monoisotopic (exact) mass is 345 g/mol. The molecule has 0 aliphatic rings. The molecule has 0 aliphatic carbocycles. The van der Waals surface area contributed by atoms with Crippen LogP contribution < -0.4 is 10.1 Å². The first-order chi connectivity index (χ1) is 11.3. The third-order valence-corrected chi connectivity index (χ3v) is 4.16. The molecule has 0 aliphatic heterocycles. The fraction of sp³-hybridized carbons (Fsp3) is 0.350. The van der Waals surface area contributed by atoms with Crippen LogP contribution in [0.1, 0.15) is 43.4 Å². The van der Waals surface area contributed by atoms with Gasteiger partial charge in [-0.3, -0.25) is 4.79 Å². The fourth-order valence-corrected chi connectivity index (χ4v) is 2.60. The van der Waals surface area contributed by atoms with E-state index < -0.39 is 6.10 Å².